The van der Waals surface area contributed by atoms with Crippen molar-refractivity contribution in [1.29, 1.82) is 0 Å². The van der Waals surface area contributed by atoms with E-state index in [1.165, 1.54) is 6.07 Å². The number of hydrogen-bond donors (Lipinski definition) is 1. The minimum atomic E-state index is -0.406. The summed E-state index contributed by atoms with van der Waals surface area (Å²) in [6, 6.07) is 10.3. The first-order valence-electron chi connectivity index (χ1n) is 5.71. The van der Waals surface area contributed by atoms with Crippen LogP contribution < -0.4 is 10.5 Å². The summed E-state index contributed by atoms with van der Waals surface area (Å²) in [5, 5.41) is 0. The molecule has 0 amide bonds. The van der Waals surface area contributed by atoms with Gasteiger partial charge in [-0.15, -0.1) is 0 Å². The van der Waals surface area contributed by atoms with E-state index >= 15 is 0 Å². The molecule has 0 aliphatic heterocycles. The maximum Gasteiger partial charge on any atom is 0.166 e. The minimum absolute atomic E-state index is 0.198. The van der Waals surface area contributed by atoms with Crippen LogP contribution in [0, 0.1) is 5.82 Å². The smallest absolute Gasteiger partial charge is 0.166 e. The van der Waals surface area contributed by atoms with Gasteiger partial charge in [0.2, 0.25) is 0 Å². The lowest BCUT2D eigenvalue weighted by atomic mass is 10.1. The molecule has 2 N–H and O–H groups in total. The number of nitrogens with two attached hydrogens (primary N) is 1. The molecule has 19 heavy (non-hydrogen) atoms. The molecule has 0 radical (unpaired) electrons. The van der Waals surface area contributed by atoms with Crippen LogP contribution in [0.4, 0.5) is 4.39 Å². The van der Waals surface area contributed by atoms with Crippen LogP contribution in [0.15, 0.2) is 45.3 Å². The molecule has 0 saturated heterocycles. The second kappa shape index (κ2) is 6.50. The van der Waals surface area contributed by atoms with Crippen molar-refractivity contribution in [2.45, 2.75) is 6.42 Å². The van der Waals surface area contributed by atoms with Crippen LogP contribution >= 0.6 is 31.9 Å². The van der Waals surface area contributed by atoms with E-state index in [1.54, 1.807) is 18.2 Å². The van der Waals surface area contributed by atoms with Gasteiger partial charge in [0.15, 0.2) is 11.6 Å². The molecule has 2 rings (SSSR count). The molecule has 2 aromatic carbocycles. The third-order valence-corrected chi connectivity index (χ3v) is 3.54. The number of ether oxygens (including phenoxy) is 1. The Morgan fingerprint density at radius 1 is 1.00 bits per heavy atom. The molecule has 100 valence electrons. The summed E-state index contributed by atoms with van der Waals surface area (Å²) in [6.45, 7) is 0.510. The molecule has 0 aliphatic carbocycles. The highest BCUT2D eigenvalue weighted by atomic mass is 79.9. The molecule has 2 aromatic rings. The fourth-order valence-electron chi connectivity index (χ4n) is 1.67. The summed E-state index contributed by atoms with van der Waals surface area (Å²) in [6.07, 6.45) is 0.674. The van der Waals surface area contributed by atoms with Gasteiger partial charge in [-0.1, -0.05) is 31.9 Å². The largest absolute Gasteiger partial charge is 0.454 e. The Morgan fingerprint density at radius 2 is 1.63 bits per heavy atom. The molecular formula is C14H12Br2FNO. The zero-order valence-corrected chi connectivity index (χ0v) is 13.2. The number of rotatable bonds is 4. The average molecular weight is 389 g/mol. The zero-order valence-electron chi connectivity index (χ0n) is 10.00. The summed E-state index contributed by atoms with van der Waals surface area (Å²) >= 11 is 6.61. The molecule has 0 aromatic heterocycles. The Balaban J connectivity index is 2.32. The van der Waals surface area contributed by atoms with Crippen LogP contribution in [0.2, 0.25) is 0 Å². The van der Waals surface area contributed by atoms with E-state index in [9.17, 15) is 4.39 Å². The number of benzene rings is 2. The Kier molecular flexibility index (Phi) is 4.96. The average Bonchev–Trinajstić information content (AvgIpc) is 2.36. The van der Waals surface area contributed by atoms with Gasteiger partial charge in [0.05, 0.1) is 0 Å². The van der Waals surface area contributed by atoms with Gasteiger partial charge in [0, 0.05) is 8.95 Å². The van der Waals surface area contributed by atoms with Gasteiger partial charge in [-0.2, -0.15) is 0 Å². The van der Waals surface area contributed by atoms with Gasteiger partial charge in [0.1, 0.15) is 5.75 Å². The van der Waals surface area contributed by atoms with Crippen molar-refractivity contribution < 1.29 is 9.13 Å². The Morgan fingerprint density at radius 3 is 2.26 bits per heavy atom. The lowest BCUT2D eigenvalue weighted by Crippen LogP contribution is -2.04. The Labute approximate surface area is 128 Å². The summed E-state index contributed by atoms with van der Waals surface area (Å²) in [7, 11) is 0. The first-order chi connectivity index (χ1) is 9.10. The topological polar surface area (TPSA) is 35.2 Å². The van der Waals surface area contributed by atoms with Crippen LogP contribution in [0.5, 0.6) is 11.5 Å². The molecule has 0 atom stereocenters. The molecule has 0 saturated carbocycles. The summed E-state index contributed by atoms with van der Waals surface area (Å²) in [4.78, 5) is 0. The maximum atomic E-state index is 13.7. The van der Waals surface area contributed by atoms with Crippen LogP contribution in [0.25, 0.3) is 0 Å². The van der Waals surface area contributed by atoms with E-state index < -0.39 is 5.82 Å². The standard InChI is InChI=1S/C14H12Br2FNO/c15-10-1-3-13(9(7-10)5-6-18)19-14-4-2-11(16)8-12(14)17/h1-4,7-8H,5-6,18H2. The van der Waals surface area contributed by atoms with Gasteiger partial charge < -0.3 is 10.5 Å². The second-order valence-electron chi connectivity index (χ2n) is 3.97. The molecular weight excluding hydrogens is 377 g/mol. The predicted octanol–water partition coefficient (Wildman–Crippen LogP) is 4.64. The van der Waals surface area contributed by atoms with Gasteiger partial charge in [-0.3, -0.25) is 0 Å². The number of halogens is 3. The summed E-state index contributed by atoms with van der Waals surface area (Å²) in [5.74, 6) is 0.412. The molecule has 0 aliphatic rings. The van der Waals surface area contributed by atoms with Crippen molar-refractivity contribution in [2.24, 2.45) is 5.73 Å². The molecule has 0 heterocycles. The van der Waals surface area contributed by atoms with Crippen LogP contribution in [-0.2, 0) is 6.42 Å². The fourth-order valence-corrected chi connectivity index (χ4v) is 2.42. The fraction of sp³-hybridized carbons (Fsp3) is 0.143. The third-order valence-electron chi connectivity index (χ3n) is 2.55. The molecule has 0 bridgehead atoms. The van der Waals surface area contributed by atoms with Gasteiger partial charge in [0.25, 0.3) is 0 Å². The Bertz CT molecular complexity index is 590. The molecule has 0 unspecified atom stereocenters. The summed E-state index contributed by atoms with van der Waals surface area (Å²) < 4.78 is 21.0. The van der Waals surface area contributed by atoms with E-state index in [2.05, 4.69) is 31.9 Å². The molecule has 0 fully saturated rings. The van der Waals surface area contributed by atoms with Gasteiger partial charge >= 0.3 is 0 Å². The lowest BCUT2D eigenvalue weighted by molar-refractivity contribution is 0.437. The van der Waals surface area contributed by atoms with Crippen molar-refractivity contribution in [3.8, 4) is 11.5 Å². The molecule has 5 heteroatoms. The van der Waals surface area contributed by atoms with Crippen LogP contribution in [-0.4, -0.2) is 6.54 Å². The highest BCUT2D eigenvalue weighted by Gasteiger charge is 2.09. The van der Waals surface area contributed by atoms with Crippen LogP contribution in [0.1, 0.15) is 5.56 Å². The van der Waals surface area contributed by atoms with E-state index in [0.29, 0.717) is 23.2 Å². The normalized spacial score (nSPS) is 10.5. The molecule has 0 spiro atoms. The quantitative estimate of drug-likeness (QED) is 0.827. The third kappa shape index (κ3) is 3.78. The van der Waals surface area contributed by atoms with Crippen LogP contribution in [0.3, 0.4) is 0 Å². The number of hydrogen-bond acceptors (Lipinski definition) is 2. The highest BCUT2D eigenvalue weighted by molar-refractivity contribution is 9.10. The lowest BCUT2D eigenvalue weighted by Gasteiger charge is -2.12. The van der Waals surface area contributed by atoms with E-state index in [1.807, 2.05) is 12.1 Å². The van der Waals surface area contributed by atoms with E-state index in [0.717, 1.165) is 10.0 Å². The maximum absolute atomic E-state index is 13.7. The molecule has 2 nitrogen and oxygen atoms in total. The highest BCUT2D eigenvalue weighted by Crippen LogP contribution is 2.31. The van der Waals surface area contributed by atoms with Gasteiger partial charge in [-0.25, -0.2) is 4.39 Å². The van der Waals surface area contributed by atoms with Crippen molar-refractivity contribution in [3.05, 3.63) is 56.7 Å². The van der Waals surface area contributed by atoms with Gasteiger partial charge in [-0.05, 0) is 54.9 Å². The summed E-state index contributed by atoms with van der Waals surface area (Å²) in [5.41, 5.74) is 6.52. The minimum Gasteiger partial charge on any atom is -0.454 e. The van der Waals surface area contributed by atoms with E-state index in [-0.39, 0.29) is 5.75 Å². The van der Waals surface area contributed by atoms with Crippen molar-refractivity contribution >= 4 is 31.9 Å². The first-order valence-corrected chi connectivity index (χ1v) is 7.30. The predicted molar refractivity (Wildman–Crippen MR) is 81.1 cm³/mol. The second-order valence-corrected chi connectivity index (χ2v) is 5.80. The Hall–Kier alpha value is -0.910. The van der Waals surface area contributed by atoms with Crippen molar-refractivity contribution in [2.75, 3.05) is 6.54 Å². The monoisotopic (exact) mass is 387 g/mol. The van der Waals surface area contributed by atoms with Crippen molar-refractivity contribution in [3.63, 3.8) is 0 Å². The van der Waals surface area contributed by atoms with Crippen molar-refractivity contribution in [1.82, 2.24) is 0 Å². The SMILES string of the molecule is NCCc1cc(Br)ccc1Oc1ccc(Br)cc1F. The van der Waals surface area contributed by atoms with E-state index in [4.69, 9.17) is 10.5 Å². The first kappa shape index (κ1) is 14.5. The zero-order chi connectivity index (χ0) is 13.8.